The SMILES string of the molecule is COc1ccc(COC(=O)N[C@H](C(=O)N2[C@@H](NC(=O)[C@@H](Cc3ccccc3)C(=O)C(=O)OC(C)C)CS[C@@H]2c2ccccc2)C(C)C)cc1. The molecule has 3 aromatic rings. The van der Waals surface area contributed by atoms with Gasteiger partial charge in [0.1, 0.15) is 35.9 Å². The van der Waals surface area contributed by atoms with Gasteiger partial charge in [-0.05, 0) is 55.0 Å². The predicted octanol–water partition coefficient (Wildman–Crippen LogP) is 5.04. The molecule has 49 heavy (non-hydrogen) atoms. The summed E-state index contributed by atoms with van der Waals surface area (Å²) in [7, 11) is 1.56. The van der Waals surface area contributed by atoms with E-state index >= 15 is 0 Å². The molecular weight excluding hydrogens is 646 g/mol. The number of hydrogen-bond donors (Lipinski definition) is 2. The second kappa shape index (κ2) is 17.5. The molecule has 3 aromatic carbocycles. The van der Waals surface area contributed by atoms with Crippen molar-refractivity contribution in [2.24, 2.45) is 11.8 Å². The summed E-state index contributed by atoms with van der Waals surface area (Å²) in [6, 6.07) is 24.3. The highest BCUT2D eigenvalue weighted by molar-refractivity contribution is 7.99. The number of Topliss-reactive ketones (excluding diaryl/α,β-unsaturated/α-hetero) is 1. The van der Waals surface area contributed by atoms with E-state index in [-0.39, 0.29) is 18.9 Å². The first kappa shape index (κ1) is 37.0. The molecule has 1 saturated heterocycles. The smallest absolute Gasteiger partial charge is 0.408 e. The van der Waals surface area contributed by atoms with Gasteiger partial charge in [0.05, 0.1) is 13.2 Å². The van der Waals surface area contributed by atoms with Crippen molar-refractivity contribution in [1.82, 2.24) is 15.5 Å². The van der Waals surface area contributed by atoms with Gasteiger partial charge in [0, 0.05) is 5.75 Å². The Morgan fingerprint density at radius 3 is 2.08 bits per heavy atom. The first-order valence-corrected chi connectivity index (χ1v) is 17.2. The van der Waals surface area contributed by atoms with Crippen LogP contribution >= 0.6 is 11.8 Å². The van der Waals surface area contributed by atoms with Crippen molar-refractivity contribution in [3.63, 3.8) is 0 Å². The molecule has 0 aromatic heterocycles. The van der Waals surface area contributed by atoms with Crippen LogP contribution in [0.2, 0.25) is 0 Å². The molecule has 4 rings (SSSR count). The number of esters is 1. The molecule has 4 atom stereocenters. The van der Waals surface area contributed by atoms with Crippen molar-refractivity contribution < 1.29 is 38.2 Å². The lowest BCUT2D eigenvalue weighted by molar-refractivity contribution is -0.160. The normalized spacial score (nSPS) is 16.8. The summed E-state index contributed by atoms with van der Waals surface area (Å²) < 4.78 is 15.8. The molecule has 3 amide bonds. The van der Waals surface area contributed by atoms with Crippen LogP contribution in [-0.4, -0.2) is 65.7 Å². The lowest BCUT2D eigenvalue weighted by Crippen LogP contribution is -2.58. The monoisotopic (exact) mass is 689 g/mol. The van der Waals surface area contributed by atoms with E-state index in [9.17, 15) is 24.0 Å². The molecule has 0 aliphatic carbocycles. The highest BCUT2D eigenvalue weighted by atomic mass is 32.2. The molecule has 0 spiro atoms. The molecule has 260 valence electrons. The number of thioether (sulfide) groups is 1. The van der Waals surface area contributed by atoms with Crippen LogP contribution in [0.4, 0.5) is 4.79 Å². The first-order valence-electron chi connectivity index (χ1n) is 16.1. The van der Waals surface area contributed by atoms with Crippen molar-refractivity contribution in [2.45, 2.75) is 64.4 Å². The summed E-state index contributed by atoms with van der Waals surface area (Å²) in [5.74, 6) is -3.99. The van der Waals surface area contributed by atoms with E-state index in [0.717, 1.165) is 11.1 Å². The number of hydrogen-bond acceptors (Lipinski definition) is 9. The number of carbonyl (C=O) groups excluding carboxylic acids is 5. The number of alkyl carbamates (subject to hydrolysis) is 1. The summed E-state index contributed by atoms with van der Waals surface area (Å²) in [6.07, 6.45) is -2.22. The van der Waals surface area contributed by atoms with Crippen molar-refractivity contribution in [3.05, 3.63) is 102 Å². The summed E-state index contributed by atoms with van der Waals surface area (Å²) in [6.45, 7) is 6.82. The fourth-order valence-corrected chi connectivity index (χ4v) is 6.68. The van der Waals surface area contributed by atoms with Gasteiger partial charge in [0.2, 0.25) is 11.8 Å². The van der Waals surface area contributed by atoms with E-state index in [4.69, 9.17) is 14.2 Å². The van der Waals surface area contributed by atoms with E-state index in [2.05, 4.69) is 10.6 Å². The number of carbonyl (C=O) groups is 5. The number of benzene rings is 3. The Morgan fingerprint density at radius 2 is 1.49 bits per heavy atom. The Kier molecular flexibility index (Phi) is 13.2. The molecule has 1 fully saturated rings. The van der Waals surface area contributed by atoms with Crippen molar-refractivity contribution in [1.29, 1.82) is 0 Å². The Balaban J connectivity index is 1.57. The third-order valence-electron chi connectivity index (χ3n) is 7.84. The minimum atomic E-state index is -1.39. The maximum Gasteiger partial charge on any atom is 0.408 e. The molecule has 0 bridgehead atoms. The summed E-state index contributed by atoms with van der Waals surface area (Å²) >= 11 is 1.44. The Labute approximate surface area is 291 Å². The number of ketones is 1. The van der Waals surface area contributed by atoms with Gasteiger partial charge in [-0.2, -0.15) is 0 Å². The molecule has 0 saturated carbocycles. The Bertz CT molecular complexity index is 1580. The second-order valence-corrected chi connectivity index (χ2v) is 13.3. The third-order valence-corrected chi connectivity index (χ3v) is 9.17. The molecule has 1 aliphatic rings. The first-order chi connectivity index (χ1) is 23.5. The number of nitrogens with zero attached hydrogens (tertiary/aromatic N) is 1. The molecule has 0 unspecified atom stereocenters. The van der Waals surface area contributed by atoms with Gasteiger partial charge in [-0.15, -0.1) is 11.8 Å². The number of amides is 3. The standard InChI is InChI=1S/C37H43N3O8S/c1-23(2)31(39-37(45)47-21-26-16-18-28(46-5)19-17-26)34(43)40-30(22-49-35(40)27-14-10-7-11-15-27)38-33(42)29(20-25-12-8-6-9-13-25)32(41)36(44)48-24(3)4/h6-19,23-24,29-31,35H,20-22H2,1-5H3,(H,38,42)(H,39,45)/t29-,30+,31-,35+/m0/s1. The van der Waals surface area contributed by atoms with E-state index in [0.29, 0.717) is 17.1 Å². The quantitative estimate of drug-likeness (QED) is 0.135. The molecule has 11 nitrogen and oxygen atoms in total. The zero-order chi connectivity index (χ0) is 35.5. The van der Waals surface area contributed by atoms with E-state index in [1.165, 1.54) is 16.7 Å². The third kappa shape index (κ3) is 10.1. The van der Waals surface area contributed by atoms with E-state index in [1.54, 1.807) is 83.3 Å². The van der Waals surface area contributed by atoms with Gasteiger partial charge in [0.25, 0.3) is 5.78 Å². The number of ether oxygens (including phenoxy) is 3. The van der Waals surface area contributed by atoms with Crippen LogP contribution in [0.25, 0.3) is 0 Å². The van der Waals surface area contributed by atoms with Gasteiger partial charge in [-0.3, -0.25) is 14.4 Å². The van der Waals surface area contributed by atoms with E-state index < -0.39 is 59.3 Å². The predicted molar refractivity (Wildman–Crippen MR) is 185 cm³/mol. The van der Waals surface area contributed by atoms with Crippen LogP contribution in [0, 0.1) is 11.8 Å². The van der Waals surface area contributed by atoms with Crippen LogP contribution in [0.1, 0.15) is 49.8 Å². The number of rotatable bonds is 14. The molecule has 2 N–H and O–H groups in total. The Hall–Kier alpha value is -4.84. The van der Waals surface area contributed by atoms with Gasteiger partial charge in [0.15, 0.2) is 0 Å². The average Bonchev–Trinajstić information content (AvgIpc) is 3.51. The van der Waals surface area contributed by atoms with Gasteiger partial charge >= 0.3 is 12.1 Å². The van der Waals surface area contributed by atoms with Crippen molar-refractivity contribution in [3.8, 4) is 5.75 Å². The van der Waals surface area contributed by atoms with Crippen LogP contribution in [0.15, 0.2) is 84.9 Å². The minimum absolute atomic E-state index is 0.0181. The van der Waals surface area contributed by atoms with Gasteiger partial charge in [-0.25, -0.2) is 9.59 Å². The number of methoxy groups -OCH3 is 1. The van der Waals surface area contributed by atoms with Gasteiger partial charge in [-0.1, -0.05) is 86.6 Å². The summed E-state index contributed by atoms with van der Waals surface area (Å²) in [5, 5.41) is 5.10. The number of nitrogens with one attached hydrogen (secondary N) is 2. The zero-order valence-electron chi connectivity index (χ0n) is 28.3. The Morgan fingerprint density at radius 1 is 0.857 bits per heavy atom. The zero-order valence-corrected chi connectivity index (χ0v) is 29.1. The summed E-state index contributed by atoms with van der Waals surface area (Å²) in [4.78, 5) is 68.8. The average molecular weight is 690 g/mol. The van der Waals surface area contributed by atoms with Crippen LogP contribution in [0.5, 0.6) is 5.75 Å². The van der Waals surface area contributed by atoms with E-state index in [1.807, 2.05) is 36.4 Å². The van der Waals surface area contributed by atoms with Crippen LogP contribution in [0.3, 0.4) is 0 Å². The summed E-state index contributed by atoms with van der Waals surface area (Å²) in [5.41, 5.74) is 2.24. The minimum Gasteiger partial charge on any atom is -0.497 e. The maximum atomic E-state index is 14.4. The largest absolute Gasteiger partial charge is 0.497 e. The fourth-order valence-electron chi connectivity index (χ4n) is 5.31. The van der Waals surface area contributed by atoms with Crippen molar-refractivity contribution >= 4 is 41.4 Å². The van der Waals surface area contributed by atoms with Crippen LogP contribution < -0.4 is 15.4 Å². The highest BCUT2D eigenvalue weighted by Crippen LogP contribution is 2.41. The topological polar surface area (TPSA) is 140 Å². The van der Waals surface area contributed by atoms with Gasteiger partial charge < -0.3 is 29.7 Å². The maximum absolute atomic E-state index is 14.4. The molecular formula is C37H43N3O8S. The lowest BCUT2D eigenvalue weighted by Gasteiger charge is -2.35. The molecule has 12 heteroatoms. The second-order valence-electron chi connectivity index (χ2n) is 12.2. The molecule has 1 heterocycles. The van der Waals surface area contributed by atoms with Crippen molar-refractivity contribution in [2.75, 3.05) is 12.9 Å². The highest BCUT2D eigenvalue weighted by Gasteiger charge is 2.44. The lowest BCUT2D eigenvalue weighted by atomic mass is 9.94. The fraction of sp³-hybridized carbons (Fsp3) is 0.378. The molecule has 1 aliphatic heterocycles. The molecule has 0 radical (unpaired) electrons. The van der Waals surface area contributed by atoms with Crippen LogP contribution in [-0.2, 0) is 41.7 Å².